The van der Waals surface area contributed by atoms with Crippen LogP contribution in [0.2, 0.25) is 0 Å². The van der Waals surface area contributed by atoms with Crippen LogP contribution in [0.4, 0.5) is 4.39 Å². The first-order valence-electron chi connectivity index (χ1n) is 9.62. The Balaban J connectivity index is 1.90. The molecule has 2 aromatic carbocycles. The van der Waals surface area contributed by atoms with Gasteiger partial charge in [-0.25, -0.2) is 4.39 Å². The normalized spacial score (nSPS) is 12.2. The molecule has 1 heterocycles. The van der Waals surface area contributed by atoms with Crippen molar-refractivity contribution < 1.29 is 9.18 Å². The van der Waals surface area contributed by atoms with Crippen molar-refractivity contribution in [3.63, 3.8) is 0 Å². The lowest BCUT2D eigenvalue weighted by molar-refractivity contribution is -0.120. The van der Waals surface area contributed by atoms with Crippen LogP contribution in [0.5, 0.6) is 0 Å². The third kappa shape index (κ3) is 5.44. The average molecular weight is 413 g/mol. The molecule has 3 aromatic rings. The fourth-order valence-corrected chi connectivity index (χ4v) is 3.66. The van der Waals surface area contributed by atoms with Crippen molar-refractivity contribution in [2.45, 2.75) is 37.7 Å². The molecule has 1 aromatic heterocycles. The first-order chi connectivity index (χ1) is 14.0. The van der Waals surface area contributed by atoms with Crippen molar-refractivity contribution in [1.29, 1.82) is 0 Å². The summed E-state index contributed by atoms with van der Waals surface area (Å²) in [7, 11) is 0. The largest absolute Gasteiger partial charge is 0.355 e. The van der Waals surface area contributed by atoms with E-state index in [1.807, 2.05) is 41.8 Å². The van der Waals surface area contributed by atoms with Gasteiger partial charge in [0.25, 0.3) is 0 Å². The number of halogens is 1. The first-order valence-corrected chi connectivity index (χ1v) is 10.5. The number of rotatable bonds is 8. The zero-order valence-corrected chi connectivity index (χ0v) is 17.6. The van der Waals surface area contributed by atoms with Crippen molar-refractivity contribution in [1.82, 2.24) is 20.1 Å². The molecule has 152 valence electrons. The fourth-order valence-electron chi connectivity index (χ4n) is 2.79. The maximum atomic E-state index is 14.4. The van der Waals surface area contributed by atoms with Crippen LogP contribution in [0.1, 0.15) is 26.3 Å². The molecule has 5 nitrogen and oxygen atoms in total. The minimum Gasteiger partial charge on any atom is -0.355 e. The molecule has 0 aliphatic carbocycles. The van der Waals surface area contributed by atoms with E-state index >= 15 is 0 Å². The number of carbonyl (C=O) groups excluding carboxylic acids is 1. The molecule has 1 amide bonds. The summed E-state index contributed by atoms with van der Waals surface area (Å²) in [4.78, 5) is 12.4. The van der Waals surface area contributed by atoms with E-state index in [0.717, 1.165) is 5.56 Å². The lowest BCUT2D eigenvalue weighted by atomic mass is 10.2. The second-order valence-corrected chi connectivity index (χ2v) is 8.56. The van der Waals surface area contributed by atoms with Gasteiger partial charge in [-0.05, 0) is 30.5 Å². The lowest BCUT2D eigenvalue weighted by Gasteiger charge is -2.15. The van der Waals surface area contributed by atoms with E-state index in [-0.39, 0.29) is 17.0 Å². The summed E-state index contributed by atoms with van der Waals surface area (Å²) in [5.41, 5.74) is 1.43. The summed E-state index contributed by atoms with van der Waals surface area (Å²) in [6.07, 6.45) is 0. The van der Waals surface area contributed by atoms with Gasteiger partial charge in [-0.1, -0.05) is 68.1 Å². The highest BCUT2D eigenvalue weighted by Gasteiger charge is 2.22. The molecule has 0 aliphatic rings. The van der Waals surface area contributed by atoms with Crippen LogP contribution in [0.3, 0.4) is 0 Å². The fraction of sp³-hybridized carbons (Fsp3) is 0.318. The summed E-state index contributed by atoms with van der Waals surface area (Å²) in [5.74, 6) is 0.425. The van der Waals surface area contributed by atoms with Gasteiger partial charge in [0.2, 0.25) is 5.91 Å². The number of aromatic nitrogens is 3. The molecule has 3 rings (SSSR count). The second kappa shape index (κ2) is 9.69. The molecule has 0 spiro atoms. The third-order valence-corrected chi connectivity index (χ3v) is 5.43. The molecular formula is C22H25FN4OS. The SMILES string of the molecule is CC(C)CNC(=O)C(C)Sc1nnc(-c2ccccc2F)n1Cc1ccccc1. The van der Waals surface area contributed by atoms with Crippen molar-refractivity contribution in [2.24, 2.45) is 5.92 Å². The number of thioether (sulfide) groups is 1. The van der Waals surface area contributed by atoms with Gasteiger partial charge in [0.15, 0.2) is 11.0 Å². The highest BCUT2D eigenvalue weighted by molar-refractivity contribution is 8.00. The van der Waals surface area contributed by atoms with Crippen LogP contribution < -0.4 is 5.32 Å². The van der Waals surface area contributed by atoms with Crippen molar-refractivity contribution >= 4 is 17.7 Å². The van der Waals surface area contributed by atoms with Crippen molar-refractivity contribution in [2.75, 3.05) is 6.54 Å². The van der Waals surface area contributed by atoms with Crippen molar-refractivity contribution in [3.8, 4) is 11.4 Å². The maximum Gasteiger partial charge on any atom is 0.233 e. The Morgan fingerprint density at radius 1 is 1.07 bits per heavy atom. The summed E-state index contributed by atoms with van der Waals surface area (Å²) >= 11 is 1.33. The summed E-state index contributed by atoms with van der Waals surface area (Å²) < 4.78 is 16.3. The van der Waals surface area contributed by atoms with E-state index in [1.54, 1.807) is 18.2 Å². The molecule has 0 fully saturated rings. The van der Waals surface area contributed by atoms with Gasteiger partial charge in [0.05, 0.1) is 17.4 Å². The Morgan fingerprint density at radius 2 is 1.76 bits per heavy atom. The van der Waals surface area contributed by atoms with Gasteiger partial charge in [0.1, 0.15) is 5.82 Å². The molecule has 0 aliphatic heterocycles. The molecule has 0 saturated carbocycles. The molecule has 7 heteroatoms. The van der Waals surface area contributed by atoms with Crippen LogP contribution in [0.15, 0.2) is 59.8 Å². The quantitative estimate of drug-likeness (QED) is 0.558. The predicted molar refractivity (Wildman–Crippen MR) is 114 cm³/mol. The van der Waals surface area contributed by atoms with Gasteiger partial charge >= 0.3 is 0 Å². The van der Waals surface area contributed by atoms with Gasteiger partial charge in [-0.3, -0.25) is 9.36 Å². The van der Waals surface area contributed by atoms with Crippen LogP contribution >= 0.6 is 11.8 Å². The summed E-state index contributed by atoms with van der Waals surface area (Å²) in [6.45, 7) is 7.05. The van der Waals surface area contributed by atoms with E-state index in [4.69, 9.17) is 0 Å². The van der Waals surface area contributed by atoms with E-state index < -0.39 is 0 Å². The highest BCUT2D eigenvalue weighted by Crippen LogP contribution is 2.29. The number of hydrogen-bond acceptors (Lipinski definition) is 4. The molecule has 1 unspecified atom stereocenters. The van der Waals surface area contributed by atoms with Crippen molar-refractivity contribution in [3.05, 3.63) is 66.0 Å². The number of amides is 1. The van der Waals surface area contributed by atoms with Crippen LogP contribution in [-0.2, 0) is 11.3 Å². The lowest BCUT2D eigenvalue weighted by Crippen LogP contribution is -2.33. The summed E-state index contributed by atoms with van der Waals surface area (Å²) in [6, 6.07) is 16.4. The smallest absolute Gasteiger partial charge is 0.233 e. The van der Waals surface area contributed by atoms with Gasteiger partial charge in [-0.2, -0.15) is 0 Å². The minimum atomic E-state index is -0.353. The Morgan fingerprint density at radius 3 is 2.45 bits per heavy atom. The number of carbonyl (C=O) groups is 1. The summed E-state index contributed by atoms with van der Waals surface area (Å²) in [5, 5.41) is 11.7. The first kappa shape index (κ1) is 21.0. The van der Waals surface area contributed by atoms with E-state index in [1.165, 1.54) is 17.8 Å². The molecule has 1 N–H and O–H groups in total. The maximum absolute atomic E-state index is 14.4. The van der Waals surface area contributed by atoms with Gasteiger partial charge < -0.3 is 5.32 Å². The molecule has 0 radical (unpaired) electrons. The minimum absolute atomic E-state index is 0.0506. The molecule has 0 bridgehead atoms. The zero-order chi connectivity index (χ0) is 20.8. The van der Waals surface area contributed by atoms with E-state index in [9.17, 15) is 9.18 Å². The Kier molecular flexibility index (Phi) is 7.04. The number of benzene rings is 2. The number of hydrogen-bond donors (Lipinski definition) is 1. The predicted octanol–water partition coefficient (Wildman–Crippen LogP) is 4.39. The highest BCUT2D eigenvalue weighted by atomic mass is 32.2. The third-order valence-electron chi connectivity index (χ3n) is 4.35. The average Bonchev–Trinajstić information content (AvgIpc) is 3.09. The Labute approximate surface area is 174 Å². The van der Waals surface area contributed by atoms with Gasteiger partial charge in [-0.15, -0.1) is 10.2 Å². The Hall–Kier alpha value is -2.67. The monoisotopic (exact) mass is 412 g/mol. The molecule has 29 heavy (non-hydrogen) atoms. The zero-order valence-electron chi connectivity index (χ0n) is 16.8. The standard InChI is InChI=1S/C22H25FN4OS/c1-15(2)13-24-21(28)16(3)29-22-26-25-20(18-11-7-8-12-19(18)23)27(22)14-17-9-5-4-6-10-17/h4-12,15-16H,13-14H2,1-3H3,(H,24,28). The second-order valence-electron chi connectivity index (χ2n) is 7.26. The van der Waals surface area contributed by atoms with Gasteiger partial charge in [0, 0.05) is 6.54 Å². The molecule has 0 saturated heterocycles. The topological polar surface area (TPSA) is 59.8 Å². The molecule has 1 atom stereocenters. The van der Waals surface area contributed by atoms with Crippen LogP contribution in [0.25, 0.3) is 11.4 Å². The number of nitrogens with zero attached hydrogens (tertiary/aromatic N) is 3. The van der Waals surface area contributed by atoms with Crippen LogP contribution in [-0.4, -0.2) is 32.5 Å². The van der Waals surface area contributed by atoms with E-state index in [2.05, 4.69) is 29.4 Å². The number of nitrogens with one attached hydrogen (secondary N) is 1. The molecular weight excluding hydrogens is 387 g/mol. The van der Waals surface area contributed by atoms with Crippen LogP contribution in [0, 0.1) is 11.7 Å². The Bertz CT molecular complexity index is 958. The van der Waals surface area contributed by atoms with E-state index in [0.29, 0.717) is 35.6 Å².